The predicted octanol–water partition coefficient (Wildman–Crippen LogP) is 4.06. The fourth-order valence-corrected chi connectivity index (χ4v) is 5.43. The lowest BCUT2D eigenvalue weighted by atomic mass is 10.1. The number of aromatic nitrogens is 1. The number of thiophene rings is 1. The number of nitrogens with one attached hydrogen (secondary N) is 2. The number of H-pyrrole nitrogens is 1. The van der Waals surface area contributed by atoms with E-state index in [1.54, 1.807) is 23.3 Å². The minimum Gasteiger partial charge on any atom is -0.326 e. The van der Waals surface area contributed by atoms with Crippen molar-refractivity contribution in [3.63, 3.8) is 0 Å². The molecule has 2 aromatic heterocycles. The van der Waals surface area contributed by atoms with Crippen LogP contribution in [0.15, 0.2) is 27.2 Å². The summed E-state index contributed by atoms with van der Waals surface area (Å²) in [6.45, 7) is 9.65. The van der Waals surface area contributed by atoms with Crippen molar-refractivity contribution in [2.45, 2.75) is 50.3 Å². The van der Waals surface area contributed by atoms with Gasteiger partial charge in [0.1, 0.15) is 0 Å². The van der Waals surface area contributed by atoms with Gasteiger partial charge in [-0.05, 0) is 69.4 Å². The fourth-order valence-electron chi connectivity index (χ4n) is 3.46. The maximum atomic E-state index is 11.9. The van der Waals surface area contributed by atoms with Gasteiger partial charge in [-0.3, -0.25) is 14.4 Å². The van der Waals surface area contributed by atoms with Crippen molar-refractivity contribution in [3.8, 4) is 10.4 Å². The maximum absolute atomic E-state index is 11.9. The van der Waals surface area contributed by atoms with E-state index in [9.17, 15) is 4.79 Å². The first-order valence-corrected chi connectivity index (χ1v) is 10.7. The second-order valence-electron chi connectivity index (χ2n) is 6.51. The molecule has 0 aliphatic carbocycles. The van der Waals surface area contributed by atoms with Gasteiger partial charge in [0.2, 0.25) is 0 Å². The lowest BCUT2D eigenvalue weighted by Gasteiger charge is -2.22. The van der Waals surface area contributed by atoms with Gasteiger partial charge in [0, 0.05) is 34.3 Å². The average Bonchev–Trinajstić information content (AvgIpc) is 3.24. The van der Waals surface area contributed by atoms with Gasteiger partial charge in [-0.15, -0.1) is 11.3 Å². The number of likely N-dealkylation sites (N-methyl/N-ethyl adjacent to an activating group) is 1. The highest BCUT2D eigenvalue weighted by Crippen LogP contribution is 2.34. The number of likely N-dealkylation sites (tertiary alicyclic amines) is 1. The standard InChI is InChI=1S/C19H27N3OS2/c1-4-14-11-16(13(3)21-19(14)23)17-8-9-18(24-17)25-20-12-15-7-6-10-22(15)5-2/h8-9,11,15,20H,4-7,10,12H2,1-3H3,(H,21,23). The van der Waals surface area contributed by atoms with Crippen molar-refractivity contribution in [1.29, 1.82) is 0 Å². The number of pyridine rings is 1. The minimum absolute atomic E-state index is 0.0358. The molecule has 0 amide bonds. The third kappa shape index (κ3) is 4.37. The molecule has 1 fully saturated rings. The van der Waals surface area contributed by atoms with E-state index in [1.165, 1.54) is 28.5 Å². The SMILES string of the molecule is CCc1cc(-c2ccc(SNCC3CCCN3CC)s2)c(C)[nH]c1=O. The lowest BCUT2D eigenvalue weighted by Crippen LogP contribution is -2.35. The van der Waals surface area contributed by atoms with Crippen LogP contribution in [-0.2, 0) is 6.42 Å². The summed E-state index contributed by atoms with van der Waals surface area (Å²) in [5.74, 6) is 0. The molecule has 1 atom stereocenters. The van der Waals surface area contributed by atoms with Crippen LogP contribution in [0.5, 0.6) is 0 Å². The van der Waals surface area contributed by atoms with Crippen molar-refractivity contribution < 1.29 is 0 Å². The number of hydrogen-bond donors (Lipinski definition) is 2. The molecule has 0 spiro atoms. The average molecular weight is 378 g/mol. The molecule has 1 aliphatic heterocycles. The van der Waals surface area contributed by atoms with Crippen LogP contribution in [0.2, 0.25) is 0 Å². The maximum Gasteiger partial charge on any atom is 0.251 e. The molecule has 0 aromatic carbocycles. The molecule has 1 saturated heterocycles. The molecular formula is C19H27N3OS2. The molecular weight excluding hydrogens is 350 g/mol. The number of rotatable bonds is 7. The molecule has 1 aliphatic rings. The quantitative estimate of drug-likeness (QED) is 0.715. The van der Waals surface area contributed by atoms with Gasteiger partial charge in [0.25, 0.3) is 5.56 Å². The zero-order valence-electron chi connectivity index (χ0n) is 15.2. The Labute approximate surface area is 158 Å². The third-order valence-electron chi connectivity index (χ3n) is 4.94. The lowest BCUT2D eigenvalue weighted by molar-refractivity contribution is 0.269. The number of nitrogens with zero attached hydrogens (tertiary/aromatic N) is 1. The summed E-state index contributed by atoms with van der Waals surface area (Å²) >= 11 is 3.50. The Morgan fingerprint density at radius 3 is 3.00 bits per heavy atom. The summed E-state index contributed by atoms with van der Waals surface area (Å²) in [6, 6.07) is 7.04. The molecule has 136 valence electrons. The molecule has 0 radical (unpaired) electrons. The van der Waals surface area contributed by atoms with Crippen LogP contribution in [0.4, 0.5) is 0 Å². The Morgan fingerprint density at radius 1 is 1.40 bits per heavy atom. The van der Waals surface area contributed by atoms with Gasteiger partial charge in [0.05, 0.1) is 4.21 Å². The molecule has 3 rings (SSSR count). The molecule has 4 nitrogen and oxygen atoms in total. The number of aryl methyl sites for hydroxylation is 2. The smallest absolute Gasteiger partial charge is 0.251 e. The van der Waals surface area contributed by atoms with Crippen LogP contribution >= 0.6 is 23.3 Å². The minimum atomic E-state index is 0.0358. The molecule has 25 heavy (non-hydrogen) atoms. The van der Waals surface area contributed by atoms with Gasteiger partial charge < -0.3 is 4.98 Å². The largest absolute Gasteiger partial charge is 0.326 e. The molecule has 0 bridgehead atoms. The van der Waals surface area contributed by atoms with E-state index in [4.69, 9.17) is 0 Å². The van der Waals surface area contributed by atoms with Gasteiger partial charge in [-0.2, -0.15) is 0 Å². The van der Waals surface area contributed by atoms with Crippen molar-refractivity contribution in [3.05, 3.63) is 39.8 Å². The summed E-state index contributed by atoms with van der Waals surface area (Å²) < 4.78 is 4.81. The topological polar surface area (TPSA) is 48.1 Å². The Kier molecular flexibility index (Phi) is 6.39. The van der Waals surface area contributed by atoms with E-state index in [0.29, 0.717) is 6.04 Å². The zero-order valence-corrected chi connectivity index (χ0v) is 16.9. The molecule has 1 unspecified atom stereocenters. The molecule has 2 aromatic rings. The number of aromatic amines is 1. The monoisotopic (exact) mass is 377 g/mol. The Bertz CT molecular complexity index is 768. The van der Waals surface area contributed by atoms with Crippen LogP contribution in [-0.4, -0.2) is 35.6 Å². The fraction of sp³-hybridized carbons (Fsp3) is 0.526. The van der Waals surface area contributed by atoms with E-state index in [0.717, 1.165) is 36.3 Å². The van der Waals surface area contributed by atoms with E-state index in [-0.39, 0.29) is 5.56 Å². The summed E-state index contributed by atoms with van der Waals surface area (Å²) in [7, 11) is 0. The van der Waals surface area contributed by atoms with Gasteiger partial charge >= 0.3 is 0 Å². The van der Waals surface area contributed by atoms with Crippen molar-refractivity contribution in [2.75, 3.05) is 19.6 Å². The van der Waals surface area contributed by atoms with Gasteiger partial charge in [0.15, 0.2) is 0 Å². The summed E-state index contributed by atoms with van der Waals surface area (Å²) in [5, 5.41) is 0. The predicted molar refractivity (Wildman–Crippen MR) is 109 cm³/mol. The van der Waals surface area contributed by atoms with Gasteiger partial charge in [-0.25, -0.2) is 0 Å². The highest BCUT2D eigenvalue weighted by molar-refractivity contribution is 7.99. The highest BCUT2D eigenvalue weighted by Gasteiger charge is 2.22. The molecule has 6 heteroatoms. The summed E-state index contributed by atoms with van der Waals surface area (Å²) in [6.07, 6.45) is 3.37. The number of hydrogen-bond acceptors (Lipinski definition) is 5. The van der Waals surface area contributed by atoms with E-state index in [1.807, 2.05) is 19.9 Å². The highest BCUT2D eigenvalue weighted by atomic mass is 32.2. The van der Waals surface area contributed by atoms with E-state index in [2.05, 4.69) is 33.7 Å². The van der Waals surface area contributed by atoms with Crippen LogP contribution in [0.25, 0.3) is 10.4 Å². The van der Waals surface area contributed by atoms with Crippen LogP contribution < -0.4 is 10.3 Å². The van der Waals surface area contributed by atoms with E-state index < -0.39 is 0 Å². The molecule has 0 saturated carbocycles. The van der Waals surface area contributed by atoms with Crippen molar-refractivity contribution >= 4 is 23.3 Å². The summed E-state index contributed by atoms with van der Waals surface area (Å²) in [4.78, 5) is 18.7. The Hall–Kier alpha value is -1.08. The van der Waals surface area contributed by atoms with Crippen LogP contribution in [0.3, 0.4) is 0 Å². The summed E-state index contributed by atoms with van der Waals surface area (Å²) in [5.41, 5.74) is 2.97. The third-order valence-corrected chi connectivity index (χ3v) is 7.00. The normalized spacial score (nSPS) is 18.1. The van der Waals surface area contributed by atoms with Gasteiger partial charge in [-0.1, -0.05) is 13.8 Å². The second-order valence-corrected chi connectivity index (χ2v) is 8.78. The van der Waals surface area contributed by atoms with Crippen LogP contribution in [0, 0.1) is 6.92 Å². The first kappa shape index (κ1) is 18.7. The molecule has 2 N–H and O–H groups in total. The molecule has 3 heterocycles. The second kappa shape index (κ2) is 8.54. The zero-order chi connectivity index (χ0) is 17.8. The first-order valence-electron chi connectivity index (χ1n) is 9.09. The van der Waals surface area contributed by atoms with E-state index >= 15 is 0 Å². The van der Waals surface area contributed by atoms with Crippen molar-refractivity contribution in [2.24, 2.45) is 0 Å². The first-order chi connectivity index (χ1) is 12.1. The van der Waals surface area contributed by atoms with Crippen molar-refractivity contribution in [1.82, 2.24) is 14.6 Å². The Balaban J connectivity index is 1.64. The Morgan fingerprint density at radius 2 is 2.24 bits per heavy atom. The van der Waals surface area contributed by atoms with Crippen LogP contribution in [0.1, 0.15) is 37.9 Å².